The summed E-state index contributed by atoms with van der Waals surface area (Å²) in [6, 6.07) is 10.6. The predicted octanol–water partition coefficient (Wildman–Crippen LogP) is 4.35. The van der Waals surface area contributed by atoms with Gasteiger partial charge < -0.3 is 10.2 Å². The van der Waals surface area contributed by atoms with Crippen LogP contribution in [0.2, 0.25) is 0 Å². The molecular formula is C17H24Cl2N4S. The molecule has 1 aromatic carbocycles. The van der Waals surface area contributed by atoms with Crippen molar-refractivity contribution in [2.24, 2.45) is 0 Å². The molecule has 7 heteroatoms. The number of likely N-dealkylation sites (N-methyl/N-ethyl adjacent to an activating group) is 1. The molecule has 1 N–H and O–H groups in total. The molecule has 3 rings (SSSR count). The number of rotatable bonds is 6. The summed E-state index contributed by atoms with van der Waals surface area (Å²) in [5.74, 6) is 1.85. The fourth-order valence-electron chi connectivity index (χ4n) is 2.68. The first-order chi connectivity index (χ1) is 10.8. The highest BCUT2D eigenvalue weighted by Crippen LogP contribution is 2.40. The predicted molar refractivity (Wildman–Crippen MR) is 108 cm³/mol. The highest BCUT2D eigenvalue weighted by molar-refractivity contribution is 7.98. The number of hydrogen-bond acceptors (Lipinski definition) is 5. The summed E-state index contributed by atoms with van der Waals surface area (Å²) < 4.78 is 0. The average molecular weight is 387 g/mol. The van der Waals surface area contributed by atoms with Gasteiger partial charge in [-0.3, -0.25) is 0 Å². The second-order valence-corrected chi connectivity index (χ2v) is 6.36. The van der Waals surface area contributed by atoms with Gasteiger partial charge in [-0.2, -0.15) is 0 Å². The Morgan fingerprint density at radius 3 is 2.62 bits per heavy atom. The first-order valence-electron chi connectivity index (χ1n) is 7.86. The number of nitrogens with zero attached hydrogens (tertiary/aromatic N) is 3. The molecule has 0 spiro atoms. The van der Waals surface area contributed by atoms with Crippen LogP contribution in [0.25, 0.3) is 11.3 Å². The van der Waals surface area contributed by atoms with Crippen LogP contribution in [0.5, 0.6) is 0 Å². The summed E-state index contributed by atoms with van der Waals surface area (Å²) >= 11 is 1.87. The second-order valence-electron chi connectivity index (χ2n) is 5.34. The molecule has 1 aliphatic rings. The number of aromatic nitrogens is 2. The Labute approximate surface area is 160 Å². The average Bonchev–Trinajstić information content (AvgIpc) is 2.58. The van der Waals surface area contributed by atoms with E-state index in [9.17, 15) is 0 Å². The van der Waals surface area contributed by atoms with E-state index in [1.54, 1.807) is 0 Å². The minimum atomic E-state index is 0. The van der Waals surface area contributed by atoms with Crippen LogP contribution >= 0.6 is 36.6 Å². The van der Waals surface area contributed by atoms with Gasteiger partial charge >= 0.3 is 0 Å². The van der Waals surface area contributed by atoms with Crippen molar-refractivity contribution in [3.05, 3.63) is 35.9 Å². The first-order valence-corrected chi connectivity index (χ1v) is 8.85. The molecule has 132 valence electrons. The molecular weight excluding hydrogens is 363 g/mol. The largest absolute Gasteiger partial charge is 0.367 e. The zero-order chi connectivity index (χ0) is 15.4. The number of anilines is 1. The standard InChI is InChI=1S/C17H22N4S.2ClH/c1-3-21(4-2)10-9-18-16-11-13-12-22-15-8-6-5-7-14(15)17(13)20-19-16;;/h5-8,11H,3-4,9-10,12H2,1-2H3,(H,18,19);2*1H. The summed E-state index contributed by atoms with van der Waals surface area (Å²) in [6.07, 6.45) is 0. The Morgan fingerprint density at radius 2 is 1.88 bits per heavy atom. The van der Waals surface area contributed by atoms with Crippen LogP contribution in [-0.2, 0) is 5.75 Å². The molecule has 0 unspecified atom stereocenters. The van der Waals surface area contributed by atoms with Gasteiger partial charge in [0.25, 0.3) is 0 Å². The third-order valence-electron chi connectivity index (χ3n) is 4.03. The minimum Gasteiger partial charge on any atom is -0.367 e. The molecule has 0 aliphatic carbocycles. The molecule has 24 heavy (non-hydrogen) atoms. The lowest BCUT2D eigenvalue weighted by molar-refractivity contribution is 0.316. The second kappa shape index (κ2) is 10.1. The van der Waals surface area contributed by atoms with Crippen LogP contribution in [0, 0.1) is 0 Å². The van der Waals surface area contributed by atoms with Gasteiger partial charge in [0.15, 0.2) is 0 Å². The van der Waals surface area contributed by atoms with Gasteiger partial charge in [-0.1, -0.05) is 32.0 Å². The maximum Gasteiger partial charge on any atom is 0.149 e. The number of hydrogen-bond donors (Lipinski definition) is 1. The Morgan fingerprint density at radius 1 is 1.12 bits per heavy atom. The Balaban J connectivity index is 0.00000144. The molecule has 0 fully saturated rings. The summed E-state index contributed by atoms with van der Waals surface area (Å²) in [7, 11) is 0. The van der Waals surface area contributed by atoms with Crippen molar-refractivity contribution in [2.45, 2.75) is 24.5 Å². The molecule has 0 saturated heterocycles. The molecule has 1 aromatic heterocycles. The zero-order valence-electron chi connectivity index (χ0n) is 14.0. The van der Waals surface area contributed by atoms with E-state index in [0.29, 0.717) is 0 Å². The minimum absolute atomic E-state index is 0. The first kappa shape index (κ1) is 21.0. The van der Waals surface area contributed by atoms with Crippen LogP contribution in [-0.4, -0.2) is 41.3 Å². The quantitative estimate of drug-likeness (QED) is 0.798. The summed E-state index contributed by atoms with van der Waals surface area (Å²) in [4.78, 5) is 3.69. The SMILES string of the molecule is CCN(CC)CCNc1cc2c(nn1)-c1ccccc1SC2.Cl.Cl. The van der Waals surface area contributed by atoms with Crippen molar-refractivity contribution in [2.75, 3.05) is 31.5 Å². The van der Waals surface area contributed by atoms with E-state index >= 15 is 0 Å². The summed E-state index contributed by atoms with van der Waals surface area (Å²) in [6.45, 7) is 8.49. The normalized spacial score (nSPS) is 11.8. The van der Waals surface area contributed by atoms with E-state index in [-0.39, 0.29) is 24.8 Å². The smallest absolute Gasteiger partial charge is 0.149 e. The molecule has 0 saturated carbocycles. The third-order valence-corrected chi connectivity index (χ3v) is 5.15. The molecule has 0 radical (unpaired) electrons. The van der Waals surface area contributed by atoms with E-state index in [1.165, 1.54) is 16.0 Å². The van der Waals surface area contributed by atoms with E-state index in [4.69, 9.17) is 0 Å². The fraction of sp³-hybridized carbons (Fsp3) is 0.412. The number of benzene rings is 1. The highest BCUT2D eigenvalue weighted by Gasteiger charge is 2.18. The van der Waals surface area contributed by atoms with Crippen molar-refractivity contribution in [3.8, 4) is 11.3 Å². The lowest BCUT2D eigenvalue weighted by Crippen LogP contribution is -2.28. The topological polar surface area (TPSA) is 41.0 Å². The van der Waals surface area contributed by atoms with Crippen molar-refractivity contribution in [1.82, 2.24) is 15.1 Å². The Kier molecular flexibility index (Phi) is 8.84. The van der Waals surface area contributed by atoms with Gasteiger partial charge in [0.1, 0.15) is 5.82 Å². The molecule has 0 amide bonds. The van der Waals surface area contributed by atoms with E-state index < -0.39 is 0 Å². The van der Waals surface area contributed by atoms with Crippen molar-refractivity contribution in [3.63, 3.8) is 0 Å². The maximum absolute atomic E-state index is 4.46. The van der Waals surface area contributed by atoms with Gasteiger partial charge in [0.05, 0.1) is 5.69 Å². The van der Waals surface area contributed by atoms with E-state index in [1.807, 2.05) is 11.8 Å². The van der Waals surface area contributed by atoms with Gasteiger partial charge in [-0.05, 0) is 30.8 Å². The molecule has 1 aliphatic heterocycles. The highest BCUT2D eigenvalue weighted by atomic mass is 35.5. The monoisotopic (exact) mass is 386 g/mol. The van der Waals surface area contributed by atoms with Crippen molar-refractivity contribution < 1.29 is 0 Å². The van der Waals surface area contributed by atoms with Crippen molar-refractivity contribution >= 4 is 42.4 Å². The van der Waals surface area contributed by atoms with Crippen LogP contribution in [0.15, 0.2) is 35.2 Å². The molecule has 0 atom stereocenters. The number of nitrogens with one attached hydrogen (secondary N) is 1. The van der Waals surface area contributed by atoms with Gasteiger partial charge in [-0.15, -0.1) is 46.8 Å². The van der Waals surface area contributed by atoms with Crippen LogP contribution in [0.1, 0.15) is 19.4 Å². The molecule has 2 aromatic rings. The number of fused-ring (bicyclic) bond motifs is 3. The number of halogens is 2. The fourth-order valence-corrected chi connectivity index (χ4v) is 3.71. The van der Waals surface area contributed by atoms with Crippen LogP contribution in [0.4, 0.5) is 5.82 Å². The van der Waals surface area contributed by atoms with Crippen molar-refractivity contribution in [1.29, 1.82) is 0 Å². The summed E-state index contributed by atoms with van der Waals surface area (Å²) in [5.41, 5.74) is 3.50. The third kappa shape index (κ3) is 4.76. The Hall–Kier alpha value is -1.01. The Bertz CT molecular complexity index is 650. The molecule has 2 heterocycles. The zero-order valence-corrected chi connectivity index (χ0v) is 16.4. The van der Waals surface area contributed by atoms with Gasteiger partial charge in [0, 0.05) is 29.3 Å². The van der Waals surface area contributed by atoms with Crippen LogP contribution in [0.3, 0.4) is 0 Å². The van der Waals surface area contributed by atoms with Gasteiger partial charge in [-0.25, -0.2) is 0 Å². The molecule has 4 nitrogen and oxygen atoms in total. The maximum atomic E-state index is 4.46. The van der Waals surface area contributed by atoms with E-state index in [2.05, 4.69) is 64.6 Å². The van der Waals surface area contributed by atoms with E-state index in [0.717, 1.165) is 43.4 Å². The molecule has 0 bridgehead atoms. The lowest BCUT2D eigenvalue weighted by Gasteiger charge is -2.20. The lowest BCUT2D eigenvalue weighted by atomic mass is 10.1. The van der Waals surface area contributed by atoms with Gasteiger partial charge in [0.2, 0.25) is 0 Å². The summed E-state index contributed by atoms with van der Waals surface area (Å²) in [5, 5.41) is 12.2. The number of thioether (sulfide) groups is 1. The van der Waals surface area contributed by atoms with Crippen LogP contribution < -0.4 is 5.32 Å².